The number of hydrogen-bond donors (Lipinski definition) is 0. The van der Waals surface area contributed by atoms with E-state index in [0.29, 0.717) is 0 Å². The number of nitrogens with zero attached hydrogens (tertiary/aromatic N) is 4. The highest BCUT2D eigenvalue weighted by Crippen LogP contribution is 2.27. The Bertz CT molecular complexity index is 908. The number of rotatable bonds is 8. The maximum absolute atomic E-state index is 5.48. The highest BCUT2D eigenvalue weighted by molar-refractivity contribution is 5.80. The molecule has 0 unspecified atom stereocenters. The number of aromatic nitrogens is 2. The summed E-state index contributed by atoms with van der Waals surface area (Å²) in [5, 5.41) is 0. The lowest BCUT2D eigenvalue weighted by Crippen LogP contribution is -2.36. The normalized spacial score (nSPS) is 14.8. The summed E-state index contributed by atoms with van der Waals surface area (Å²) in [6.07, 6.45) is 1.13. The van der Waals surface area contributed by atoms with Crippen molar-refractivity contribution in [3.8, 4) is 11.4 Å². The van der Waals surface area contributed by atoms with E-state index in [9.17, 15) is 0 Å². The monoisotopic (exact) mass is 392 g/mol. The molecule has 0 saturated carbocycles. The molecular weight excluding hydrogens is 360 g/mol. The van der Waals surface area contributed by atoms with Gasteiger partial charge >= 0.3 is 0 Å². The first kappa shape index (κ1) is 19.9. The third-order valence-corrected chi connectivity index (χ3v) is 5.91. The topological polar surface area (TPSA) is 33.5 Å². The lowest BCUT2D eigenvalue weighted by atomic mass is 10.1. The van der Waals surface area contributed by atoms with E-state index >= 15 is 0 Å². The Labute approximate surface area is 173 Å². The van der Waals surface area contributed by atoms with Gasteiger partial charge in [0, 0.05) is 30.9 Å². The smallest absolute Gasteiger partial charge is 0.141 e. The van der Waals surface area contributed by atoms with Crippen LogP contribution in [-0.4, -0.2) is 60.4 Å². The number of para-hydroxylation sites is 2. The summed E-state index contributed by atoms with van der Waals surface area (Å²) < 4.78 is 7.87. The molecule has 1 saturated heterocycles. The van der Waals surface area contributed by atoms with Crippen LogP contribution in [-0.2, 0) is 11.3 Å². The molecule has 5 nitrogen and oxygen atoms in total. The Kier molecular flexibility index (Phi) is 6.47. The van der Waals surface area contributed by atoms with Crippen LogP contribution in [0.15, 0.2) is 48.5 Å². The largest absolute Gasteiger partial charge is 0.378 e. The van der Waals surface area contributed by atoms with Crippen molar-refractivity contribution in [2.75, 3.05) is 50.8 Å². The molecule has 29 heavy (non-hydrogen) atoms. The molecule has 0 bridgehead atoms. The molecule has 4 rings (SSSR count). The summed E-state index contributed by atoms with van der Waals surface area (Å²) in [6.45, 7) is 12.3. The highest BCUT2D eigenvalue weighted by Gasteiger charge is 2.15. The van der Waals surface area contributed by atoms with Crippen molar-refractivity contribution in [1.82, 2.24) is 14.5 Å². The van der Waals surface area contributed by atoms with Crippen LogP contribution in [0.3, 0.4) is 0 Å². The fourth-order valence-electron chi connectivity index (χ4n) is 4.16. The third-order valence-electron chi connectivity index (χ3n) is 5.91. The quantitative estimate of drug-likeness (QED) is 0.573. The summed E-state index contributed by atoms with van der Waals surface area (Å²) in [6, 6.07) is 17.4. The summed E-state index contributed by atoms with van der Waals surface area (Å²) in [5.41, 5.74) is 4.74. The predicted molar refractivity (Wildman–Crippen MR) is 121 cm³/mol. The molecule has 0 spiro atoms. The van der Waals surface area contributed by atoms with E-state index in [4.69, 9.17) is 9.72 Å². The summed E-state index contributed by atoms with van der Waals surface area (Å²) >= 11 is 0. The van der Waals surface area contributed by atoms with Crippen LogP contribution >= 0.6 is 0 Å². The molecular formula is C24H32N4O. The first-order valence-electron chi connectivity index (χ1n) is 10.9. The molecule has 154 valence electrons. The molecule has 1 fully saturated rings. The zero-order valence-electron chi connectivity index (χ0n) is 17.7. The molecule has 5 heteroatoms. The van der Waals surface area contributed by atoms with Gasteiger partial charge in [-0.2, -0.15) is 0 Å². The average molecular weight is 393 g/mol. The lowest BCUT2D eigenvalue weighted by molar-refractivity contribution is 0.122. The van der Waals surface area contributed by atoms with Gasteiger partial charge < -0.3 is 19.1 Å². The first-order valence-corrected chi connectivity index (χ1v) is 10.9. The van der Waals surface area contributed by atoms with E-state index in [0.717, 1.165) is 70.2 Å². The zero-order valence-corrected chi connectivity index (χ0v) is 17.7. The van der Waals surface area contributed by atoms with Crippen LogP contribution in [0.1, 0.15) is 20.3 Å². The van der Waals surface area contributed by atoms with Crippen molar-refractivity contribution >= 4 is 16.7 Å². The second-order valence-electron chi connectivity index (χ2n) is 7.60. The van der Waals surface area contributed by atoms with Crippen molar-refractivity contribution in [2.24, 2.45) is 0 Å². The molecule has 0 N–H and O–H groups in total. The van der Waals surface area contributed by atoms with E-state index in [1.54, 1.807) is 0 Å². The fourth-order valence-corrected chi connectivity index (χ4v) is 4.16. The molecule has 1 aliphatic heterocycles. The maximum atomic E-state index is 5.48. The van der Waals surface area contributed by atoms with E-state index in [1.807, 2.05) is 0 Å². The summed E-state index contributed by atoms with van der Waals surface area (Å²) in [7, 11) is 0. The van der Waals surface area contributed by atoms with Crippen LogP contribution in [0.4, 0.5) is 5.69 Å². The standard InChI is InChI=1S/C24H32N4O/c1-3-26(4-2)14-7-15-28-23-9-6-5-8-22(23)25-24(28)20-10-12-21(13-11-20)27-16-18-29-19-17-27/h5-6,8-13H,3-4,7,14-19H2,1-2H3. The minimum absolute atomic E-state index is 0.810. The van der Waals surface area contributed by atoms with Crippen LogP contribution < -0.4 is 4.90 Å². The molecule has 2 heterocycles. The van der Waals surface area contributed by atoms with Gasteiger partial charge in [0.15, 0.2) is 0 Å². The van der Waals surface area contributed by atoms with Gasteiger partial charge in [-0.05, 0) is 62.5 Å². The number of imidazole rings is 1. The SMILES string of the molecule is CCN(CC)CCCn1c(-c2ccc(N3CCOCC3)cc2)nc2ccccc21. The maximum Gasteiger partial charge on any atom is 0.141 e. The average Bonchev–Trinajstić information content (AvgIpc) is 3.16. The van der Waals surface area contributed by atoms with E-state index in [2.05, 4.69) is 76.7 Å². The van der Waals surface area contributed by atoms with Gasteiger partial charge in [-0.15, -0.1) is 0 Å². The van der Waals surface area contributed by atoms with Crippen molar-refractivity contribution in [3.63, 3.8) is 0 Å². The third kappa shape index (κ3) is 4.46. The van der Waals surface area contributed by atoms with Crippen molar-refractivity contribution in [2.45, 2.75) is 26.8 Å². The second-order valence-corrected chi connectivity index (χ2v) is 7.60. The Morgan fingerprint density at radius 1 is 0.966 bits per heavy atom. The van der Waals surface area contributed by atoms with E-state index < -0.39 is 0 Å². The number of hydrogen-bond acceptors (Lipinski definition) is 4. The molecule has 2 aromatic carbocycles. The highest BCUT2D eigenvalue weighted by atomic mass is 16.5. The molecule has 0 aliphatic carbocycles. The minimum Gasteiger partial charge on any atom is -0.378 e. The molecule has 1 aromatic heterocycles. The van der Waals surface area contributed by atoms with Crippen molar-refractivity contribution in [1.29, 1.82) is 0 Å². The van der Waals surface area contributed by atoms with Crippen LogP contribution in [0.5, 0.6) is 0 Å². The second kappa shape index (κ2) is 9.42. The number of fused-ring (bicyclic) bond motifs is 1. The molecule has 1 aliphatic rings. The van der Waals surface area contributed by atoms with Crippen LogP contribution in [0, 0.1) is 0 Å². The predicted octanol–water partition coefficient (Wildman–Crippen LogP) is 4.27. The minimum atomic E-state index is 0.810. The number of aryl methyl sites for hydroxylation is 1. The molecule has 0 radical (unpaired) electrons. The molecule has 0 amide bonds. The lowest BCUT2D eigenvalue weighted by Gasteiger charge is -2.28. The van der Waals surface area contributed by atoms with Crippen molar-refractivity contribution < 1.29 is 4.74 Å². The van der Waals surface area contributed by atoms with Gasteiger partial charge in [-0.3, -0.25) is 0 Å². The Morgan fingerprint density at radius 3 is 2.41 bits per heavy atom. The van der Waals surface area contributed by atoms with Crippen LogP contribution in [0.25, 0.3) is 22.4 Å². The Morgan fingerprint density at radius 2 is 1.69 bits per heavy atom. The van der Waals surface area contributed by atoms with Gasteiger partial charge in [-0.1, -0.05) is 26.0 Å². The van der Waals surface area contributed by atoms with Crippen LogP contribution in [0.2, 0.25) is 0 Å². The molecule has 0 atom stereocenters. The van der Waals surface area contributed by atoms with Gasteiger partial charge in [0.25, 0.3) is 0 Å². The summed E-state index contributed by atoms with van der Waals surface area (Å²) in [4.78, 5) is 9.85. The summed E-state index contributed by atoms with van der Waals surface area (Å²) in [5.74, 6) is 1.07. The van der Waals surface area contributed by atoms with Gasteiger partial charge in [0.2, 0.25) is 0 Å². The zero-order chi connectivity index (χ0) is 20.1. The van der Waals surface area contributed by atoms with Gasteiger partial charge in [0.05, 0.1) is 24.2 Å². The molecule has 3 aromatic rings. The number of morpholine rings is 1. The van der Waals surface area contributed by atoms with Gasteiger partial charge in [0.1, 0.15) is 5.82 Å². The van der Waals surface area contributed by atoms with E-state index in [1.165, 1.54) is 16.8 Å². The van der Waals surface area contributed by atoms with Crippen molar-refractivity contribution in [3.05, 3.63) is 48.5 Å². The Balaban J connectivity index is 1.59. The Hall–Kier alpha value is -2.37. The number of benzene rings is 2. The van der Waals surface area contributed by atoms with E-state index in [-0.39, 0.29) is 0 Å². The number of anilines is 1. The van der Waals surface area contributed by atoms with Gasteiger partial charge in [-0.25, -0.2) is 4.98 Å². The first-order chi connectivity index (χ1) is 14.3. The fraction of sp³-hybridized carbons (Fsp3) is 0.458. The number of ether oxygens (including phenoxy) is 1.